The Hall–Kier alpha value is -3.35. The lowest BCUT2D eigenvalue weighted by Crippen LogP contribution is -2.42. The van der Waals surface area contributed by atoms with Crippen LogP contribution < -0.4 is 10.6 Å². The van der Waals surface area contributed by atoms with E-state index in [-0.39, 0.29) is 31.4 Å². The van der Waals surface area contributed by atoms with Crippen LogP contribution >= 0.6 is 0 Å². The molecule has 31 heavy (non-hydrogen) atoms. The van der Waals surface area contributed by atoms with Crippen molar-refractivity contribution in [2.45, 2.75) is 39.2 Å². The zero-order chi connectivity index (χ0) is 22.6. The Balaban J connectivity index is 1.50. The number of carboxylic acid groups (broad SMARTS) is 1. The fraction of sp³-hybridized carbons (Fsp3) is 0.375. The topological polar surface area (TPSA) is 105 Å². The van der Waals surface area contributed by atoms with Crippen molar-refractivity contribution in [2.24, 2.45) is 5.41 Å². The number of aliphatic carboxylic acids is 1. The zero-order valence-corrected chi connectivity index (χ0v) is 18.0. The van der Waals surface area contributed by atoms with Crippen molar-refractivity contribution in [3.8, 4) is 11.1 Å². The maximum atomic E-state index is 12.3. The Kier molecular flexibility index (Phi) is 6.63. The molecule has 7 nitrogen and oxygen atoms in total. The van der Waals surface area contributed by atoms with Crippen LogP contribution in [-0.2, 0) is 14.3 Å². The number of nitrogens with one attached hydrogen (secondary N) is 2. The molecule has 0 spiro atoms. The van der Waals surface area contributed by atoms with Gasteiger partial charge in [-0.2, -0.15) is 0 Å². The van der Waals surface area contributed by atoms with Crippen molar-refractivity contribution >= 4 is 18.0 Å². The first kappa shape index (κ1) is 22.3. The largest absolute Gasteiger partial charge is 0.481 e. The third kappa shape index (κ3) is 5.23. The molecule has 0 aromatic heterocycles. The van der Waals surface area contributed by atoms with Gasteiger partial charge >= 0.3 is 12.1 Å². The number of carbonyl (C=O) groups is 3. The second-order valence-corrected chi connectivity index (χ2v) is 8.54. The van der Waals surface area contributed by atoms with E-state index >= 15 is 0 Å². The number of hydrogen-bond acceptors (Lipinski definition) is 4. The van der Waals surface area contributed by atoms with E-state index in [9.17, 15) is 14.4 Å². The summed E-state index contributed by atoms with van der Waals surface area (Å²) in [6.45, 7) is 4.98. The van der Waals surface area contributed by atoms with Crippen molar-refractivity contribution in [2.75, 3.05) is 13.2 Å². The molecular weight excluding hydrogens is 396 g/mol. The van der Waals surface area contributed by atoms with Crippen LogP contribution in [0.5, 0.6) is 0 Å². The van der Waals surface area contributed by atoms with E-state index in [0.29, 0.717) is 0 Å². The van der Waals surface area contributed by atoms with E-state index in [2.05, 4.69) is 22.8 Å². The fourth-order valence-electron chi connectivity index (χ4n) is 3.64. The maximum Gasteiger partial charge on any atom is 0.407 e. The van der Waals surface area contributed by atoms with Crippen LogP contribution in [0.4, 0.5) is 4.79 Å². The molecule has 1 aliphatic carbocycles. The third-order valence-corrected chi connectivity index (χ3v) is 5.51. The first-order valence-corrected chi connectivity index (χ1v) is 10.3. The quantitative estimate of drug-likeness (QED) is 0.601. The zero-order valence-electron chi connectivity index (χ0n) is 18.0. The summed E-state index contributed by atoms with van der Waals surface area (Å²) in [6, 6.07) is 15.7. The normalized spacial score (nSPS) is 13.6. The summed E-state index contributed by atoms with van der Waals surface area (Å²) in [5.74, 6) is -1.35. The molecule has 7 heteroatoms. The van der Waals surface area contributed by atoms with Crippen molar-refractivity contribution < 1.29 is 24.2 Å². The van der Waals surface area contributed by atoms with E-state index < -0.39 is 23.5 Å². The van der Waals surface area contributed by atoms with Gasteiger partial charge in [0.25, 0.3) is 0 Å². The Labute approximate surface area is 181 Å². The molecule has 0 bridgehead atoms. The average Bonchev–Trinajstić information content (AvgIpc) is 3.04. The summed E-state index contributed by atoms with van der Waals surface area (Å²) >= 11 is 0. The van der Waals surface area contributed by atoms with Gasteiger partial charge in [-0.15, -0.1) is 0 Å². The summed E-state index contributed by atoms with van der Waals surface area (Å²) in [7, 11) is 0. The summed E-state index contributed by atoms with van der Waals surface area (Å²) in [5.41, 5.74) is 3.51. The van der Waals surface area contributed by atoms with Crippen LogP contribution in [0.15, 0.2) is 48.5 Å². The predicted molar refractivity (Wildman–Crippen MR) is 117 cm³/mol. The lowest BCUT2D eigenvalue weighted by atomic mass is 9.94. The molecule has 2 amide bonds. The van der Waals surface area contributed by atoms with Crippen LogP contribution in [0.3, 0.4) is 0 Å². The summed E-state index contributed by atoms with van der Waals surface area (Å²) in [6.07, 6.45) is -0.562. The van der Waals surface area contributed by atoms with Gasteiger partial charge in [0.1, 0.15) is 6.61 Å². The standard InChI is InChI=1S/C24H28N2O5/c1-15(12-21(27)25-14-24(2,3)22(28)29)26-23(30)31-13-20-18-10-6-4-8-16(18)17-9-5-7-11-19(17)20/h4-11,15,20H,12-14H2,1-3H3,(H,25,27)(H,26,30)(H,28,29)/t15-/m1/s1. The van der Waals surface area contributed by atoms with Gasteiger partial charge in [-0.25, -0.2) is 4.79 Å². The minimum Gasteiger partial charge on any atom is -0.481 e. The third-order valence-electron chi connectivity index (χ3n) is 5.51. The number of ether oxygens (including phenoxy) is 1. The average molecular weight is 424 g/mol. The van der Waals surface area contributed by atoms with Crippen molar-refractivity contribution in [1.82, 2.24) is 10.6 Å². The van der Waals surface area contributed by atoms with Crippen LogP contribution in [-0.4, -0.2) is 42.3 Å². The van der Waals surface area contributed by atoms with Gasteiger partial charge in [-0.3, -0.25) is 9.59 Å². The molecular formula is C24H28N2O5. The number of fused-ring (bicyclic) bond motifs is 3. The predicted octanol–water partition coefficient (Wildman–Crippen LogP) is 3.53. The molecule has 0 saturated heterocycles. The van der Waals surface area contributed by atoms with Gasteiger partial charge in [-0.05, 0) is 43.0 Å². The van der Waals surface area contributed by atoms with Crippen molar-refractivity contribution in [3.63, 3.8) is 0 Å². The van der Waals surface area contributed by atoms with E-state index in [1.54, 1.807) is 6.92 Å². The molecule has 0 radical (unpaired) electrons. The Morgan fingerprint density at radius 3 is 2.13 bits per heavy atom. The highest BCUT2D eigenvalue weighted by Crippen LogP contribution is 2.44. The highest BCUT2D eigenvalue weighted by Gasteiger charge is 2.30. The molecule has 0 fully saturated rings. The minimum absolute atomic E-state index is 0.0127. The smallest absolute Gasteiger partial charge is 0.407 e. The monoisotopic (exact) mass is 424 g/mol. The molecule has 0 unspecified atom stereocenters. The Morgan fingerprint density at radius 2 is 1.58 bits per heavy atom. The van der Waals surface area contributed by atoms with Crippen LogP contribution in [0.25, 0.3) is 11.1 Å². The van der Waals surface area contributed by atoms with Gasteiger partial charge < -0.3 is 20.5 Å². The van der Waals surface area contributed by atoms with Crippen LogP contribution in [0.2, 0.25) is 0 Å². The summed E-state index contributed by atoms with van der Waals surface area (Å²) in [5, 5.41) is 14.4. The highest BCUT2D eigenvalue weighted by molar-refractivity contribution is 5.80. The Morgan fingerprint density at radius 1 is 1.03 bits per heavy atom. The summed E-state index contributed by atoms with van der Waals surface area (Å²) < 4.78 is 5.48. The molecule has 164 valence electrons. The first-order chi connectivity index (χ1) is 14.7. The maximum absolute atomic E-state index is 12.3. The van der Waals surface area contributed by atoms with Gasteiger partial charge in [0, 0.05) is 24.9 Å². The minimum atomic E-state index is -1.06. The number of rotatable bonds is 8. The molecule has 2 aromatic rings. The number of amides is 2. The van der Waals surface area contributed by atoms with E-state index in [1.807, 2.05) is 36.4 Å². The Bertz CT molecular complexity index is 940. The van der Waals surface area contributed by atoms with Gasteiger partial charge in [0.15, 0.2) is 0 Å². The number of alkyl carbamates (subject to hydrolysis) is 1. The lowest BCUT2D eigenvalue weighted by molar-refractivity contribution is -0.146. The molecule has 0 saturated carbocycles. The van der Waals surface area contributed by atoms with E-state index in [0.717, 1.165) is 22.3 Å². The SMILES string of the molecule is C[C@H](CC(=O)NCC(C)(C)C(=O)O)NC(=O)OCC1c2ccccc2-c2ccccc21. The number of benzene rings is 2. The lowest BCUT2D eigenvalue weighted by Gasteiger charge is -2.20. The van der Waals surface area contributed by atoms with E-state index in [1.165, 1.54) is 13.8 Å². The molecule has 3 N–H and O–H groups in total. The van der Waals surface area contributed by atoms with E-state index in [4.69, 9.17) is 9.84 Å². The molecule has 0 aliphatic heterocycles. The van der Waals surface area contributed by atoms with Crippen LogP contribution in [0, 0.1) is 5.41 Å². The van der Waals surface area contributed by atoms with Gasteiger partial charge in [0.05, 0.1) is 5.41 Å². The number of carbonyl (C=O) groups excluding carboxylic acids is 2. The molecule has 3 rings (SSSR count). The second kappa shape index (κ2) is 9.20. The number of carboxylic acids is 1. The first-order valence-electron chi connectivity index (χ1n) is 10.3. The van der Waals surface area contributed by atoms with Gasteiger partial charge in [-0.1, -0.05) is 48.5 Å². The fourth-order valence-corrected chi connectivity index (χ4v) is 3.64. The molecule has 1 atom stereocenters. The second-order valence-electron chi connectivity index (χ2n) is 8.54. The van der Waals surface area contributed by atoms with Crippen molar-refractivity contribution in [3.05, 3.63) is 59.7 Å². The highest BCUT2D eigenvalue weighted by atomic mass is 16.5. The molecule has 1 aliphatic rings. The summed E-state index contributed by atoms with van der Waals surface area (Å²) in [4.78, 5) is 35.4. The number of hydrogen-bond donors (Lipinski definition) is 3. The molecule has 2 aromatic carbocycles. The molecule has 0 heterocycles. The van der Waals surface area contributed by atoms with Crippen molar-refractivity contribution in [1.29, 1.82) is 0 Å². The van der Waals surface area contributed by atoms with Crippen LogP contribution in [0.1, 0.15) is 44.2 Å². The van der Waals surface area contributed by atoms with Gasteiger partial charge in [0.2, 0.25) is 5.91 Å².